The molecule has 2 aliphatic rings. The van der Waals surface area contributed by atoms with Crippen LogP contribution in [0.1, 0.15) is 48.8 Å². The number of nitrogens with zero attached hydrogens (tertiary/aromatic N) is 2. The van der Waals surface area contributed by atoms with E-state index in [1.54, 1.807) is 12.1 Å². The minimum absolute atomic E-state index is 0.00407. The van der Waals surface area contributed by atoms with Crippen molar-refractivity contribution in [3.8, 4) is 11.8 Å². The highest BCUT2D eigenvalue weighted by Crippen LogP contribution is 2.34. The Labute approximate surface area is 172 Å². The normalized spacial score (nSPS) is 21.3. The number of rotatable bonds is 6. The number of nitrogens with one attached hydrogen (secondary N) is 1. The Kier molecular flexibility index (Phi) is 5.82. The maximum absolute atomic E-state index is 12.5. The summed E-state index contributed by atoms with van der Waals surface area (Å²) >= 11 is 0. The molecular weight excluding hydrogens is 362 g/mol. The molecule has 0 radical (unpaired) electrons. The minimum Gasteiger partial charge on any atom is -0.494 e. The minimum atomic E-state index is -0.248. The number of fused-ring (bicyclic) bond motifs is 1. The van der Waals surface area contributed by atoms with Crippen molar-refractivity contribution in [2.75, 3.05) is 25.0 Å². The van der Waals surface area contributed by atoms with Gasteiger partial charge in [-0.25, -0.2) is 0 Å². The van der Waals surface area contributed by atoms with Crippen molar-refractivity contribution in [3.63, 3.8) is 0 Å². The highest BCUT2D eigenvalue weighted by Gasteiger charge is 2.28. The molecule has 2 heterocycles. The van der Waals surface area contributed by atoms with Crippen molar-refractivity contribution in [1.82, 2.24) is 4.90 Å². The second-order valence-corrected chi connectivity index (χ2v) is 8.03. The van der Waals surface area contributed by atoms with Gasteiger partial charge in [0.2, 0.25) is 5.91 Å². The van der Waals surface area contributed by atoms with Gasteiger partial charge in [0.15, 0.2) is 0 Å². The first-order valence-electron chi connectivity index (χ1n) is 10.4. The Bertz CT molecular complexity index is 917. The molecule has 1 unspecified atom stereocenters. The fourth-order valence-electron chi connectivity index (χ4n) is 4.32. The Morgan fingerprint density at radius 2 is 2.07 bits per heavy atom. The summed E-state index contributed by atoms with van der Waals surface area (Å²) in [6.07, 6.45) is 4.26. The van der Waals surface area contributed by atoms with Crippen LogP contribution in [0.4, 0.5) is 5.69 Å². The Morgan fingerprint density at radius 1 is 1.24 bits per heavy atom. The van der Waals surface area contributed by atoms with E-state index in [9.17, 15) is 4.79 Å². The molecule has 2 aromatic carbocycles. The summed E-state index contributed by atoms with van der Waals surface area (Å²) in [4.78, 5) is 15.1. The molecule has 0 bridgehead atoms. The molecular formula is C24H27N3O2. The summed E-state index contributed by atoms with van der Waals surface area (Å²) < 4.78 is 5.99. The van der Waals surface area contributed by atoms with Gasteiger partial charge in [-0.3, -0.25) is 4.79 Å². The summed E-state index contributed by atoms with van der Waals surface area (Å²) in [5.41, 5.74) is 3.48. The molecule has 1 fully saturated rings. The number of likely N-dealkylation sites (tertiary alicyclic amines) is 1. The van der Waals surface area contributed by atoms with E-state index >= 15 is 0 Å². The highest BCUT2D eigenvalue weighted by atomic mass is 16.5. The van der Waals surface area contributed by atoms with Crippen molar-refractivity contribution >= 4 is 11.6 Å². The van der Waals surface area contributed by atoms with Crippen molar-refractivity contribution in [3.05, 3.63) is 59.2 Å². The lowest BCUT2D eigenvalue weighted by Gasteiger charge is -2.25. The third kappa shape index (κ3) is 4.44. The average Bonchev–Trinajstić information content (AvgIpc) is 3.15. The molecule has 5 heteroatoms. The van der Waals surface area contributed by atoms with Crippen LogP contribution in [0.15, 0.2) is 42.5 Å². The molecule has 150 valence electrons. The van der Waals surface area contributed by atoms with Crippen molar-refractivity contribution in [1.29, 1.82) is 5.26 Å². The number of hydrogen-bond donors (Lipinski definition) is 1. The summed E-state index contributed by atoms with van der Waals surface area (Å²) in [6, 6.07) is 16.0. The monoisotopic (exact) mass is 389 g/mol. The third-order valence-electron chi connectivity index (χ3n) is 6.07. The molecule has 29 heavy (non-hydrogen) atoms. The van der Waals surface area contributed by atoms with E-state index in [4.69, 9.17) is 10.00 Å². The largest absolute Gasteiger partial charge is 0.494 e. The molecule has 0 spiro atoms. The predicted octanol–water partition coefficient (Wildman–Crippen LogP) is 4.09. The third-order valence-corrected chi connectivity index (χ3v) is 6.07. The molecule has 1 N–H and O–H groups in total. The number of hydrogen-bond acceptors (Lipinski definition) is 4. The van der Waals surface area contributed by atoms with Crippen LogP contribution >= 0.6 is 0 Å². The molecule has 4 rings (SSSR count). The van der Waals surface area contributed by atoms with Gasteiger partial charge in [-0.05, 0) is 80.6 Å². The Hall–Kier alpha value is -2.84. The second kappa shape index (κ2) is 8.67. The van der Waals surface area contributed by atoms with Gasteiger partial charge in [-0.2, -0.15) is 5.26 Å². The van der Waals surface area contributed by atoms with Crippen LogP contribution in [0.25, 0.3) is 0 Å². The maximum Gasteiger partial charge on any atom is 0.232 e. The van der Waals surface area contributed by atoms with Crippen molar-refractivity contribution in [2.24, 2.45) is 0 Å². The number of benzene rings is 2. The van der Waals surface area contributed by atoms with Gasteiger partial charge >= 0.3 is 0 Å². The zero-order valence-corrected chi connectivity index (χ0v) is 16.9. The van der Waals surface area contributed by atoms with Gasteiger partial charge in [-0.15, -0.1) is 0 Å². The SMILES string of the molecule is C[C@@H]1CCCN1CCCOc1ccc2c(c1)CC(c1ccc(C#N)cc1)C(=O)N2. The lowest BCUT2D eigenvalue weighted by molar-refractivity contribution is -0.117. The summed E-state index contributed by atoms with van der Waals surface area (Å²) in [5.74, 6) is 0.603. The second-order valence-electron chi connectivity index (χ2n) is 8.03. The molecule has 5 nitrogen and oxygen atoms in total. The fourth-order valence-corrected chi connectivity index (χ4v) is 4.32. The molecule has 2 atom stereocenters. The van der Waals surface area contributed by atoms with Gasteiger partial charge in [0.1, 0.15) is 5.75 Å². The van der Waals surface area contributed by atoms with Crippen LogP contribution in [-0.4, -0.2) is 36.5 Å². The molecule has 0 aliphatic carbocycles. The Morgan fingerprint density at radius 3 is 2.79 bits per heavy atom. The van der Waals surface area contributed by atoms with Crippen LogP contribution < -0.4 is 10.1 Å². The van der Waals surface area contributed by atoms with E-state index in [2.05, 4.69) is 23.2 Å². The molecule has 2 aliphatic heterocycles. The number of amides is 1. The average molecular weight is 389 g/mol. The van der Waals surface area contributed by atoms with Crippen LogP contribution in [0.3, 0.4) is 0 Å². The maximum atomic E-state index is 12.5. The van der Waals surface area contributed by atoms with Crippen molar-refractivity contribution < 1.29 is 9.53 Å². The standard InChI is InChI=1S/C24H27N3O2/c1-17-4-2-11-27(17)12-3-13-29-21-9-10-23-20(14-21)15-22(24(28)26-23)19-7-5-18(16-25)6-8-19/h5-10,14,17,22H,2-4,11-13,15H2,1H3,(H,26,28)/t17-,22?/m1/s1. The zero-order valence-electron chi connectivity index (χ0n) is 16.9. The molecule has 0 saturated carbocycles. The van der Waals surface area contributed by atoms with E-state index in [-0.39, 0.29) is 11.8 Å². The van der Waals surface area contributed by atoms with Gasteiger partial charge in [-0.1, -0.05) is 12.1 Å². The lowest BCUT2D eigenvalue weighted by Crippen LogP contribution is -2.29. The van der Waals surface area contributed by atoms with Gasteiger partial charge in [0.25, 0.3) is 0 Å². The van der Waals surface area contributed by atoms with Crippen LogP contribution in [0.2, 0.25) is 0 Å². The fraction of sp³-hybridized carbons (Fsp3) is 0.417. The molecule has 2 aromatic rings. The lowest BCUT2D eigenvalue weighted by atomic mass is 9.87. The van der Waals surface area contributed by atoms with Crippen LogP contribution in [0.5, 0.6) is 5.75 Å². The van der Waals surface area contributed by atoms with Gasteiger partial charge in [0.05, 0.1) is 24.2 Å². The zero-order chi connectivity index (χ0) is 20.2. The quantitative estimate of drug-likeness (QED) is 0.756. The van der Waals surface area contributed by atoms with Gasteiger partial charge < -0.3 is 15.0 Å². The van der Waals surface area contributed by atoms with E-state index < -0.39 is 0 Å². The number of anilines is 1. The number of carbonyl (C=O) groups is 1. The van der Waals surface area contributed by atoms with Crippen LogP contribution in [0, 0.1) is 11.3 Å². The number of ether oxygens (including phenoxy) is 1. The van der Waals surface area contributed by atoms with E-state index in [1.807, 2.05) is 30.3 Å². The summed E-state index contributed by atoms with van der Waals surface area (Å²) in [6.45, 7) is 5.29. The highest BCUT2D eigenvalue weighted by molar-refractivity contribution is 5.99. The predicted molar refractivity (Wildman–Crippen MR) is 113 cm³/mol. The molecule has 1 amide bonds. The van der Waals surface area contributed by atoms with E-state index in [1.165, 1.54) is 19.4 Å². The number of nitriles is 1. The van der Waals surface area contributed by atoms with E-state index in [0.717, 1.165) is 35.5 Å². The first-order chi connectivity index (χ1) is 14.1. The first kappa shape index (κ1) is 19.5. The van der Waals surface area contributed by atoms with Crippen LogP contribution in [-0.2, 0) is 11.2 Å². The Balaban J connectivity index is 1.37. The number of carbonyl (C=O) groups excluding carboxylic acids is 1. The molecule has 1 saturated heterocycles. The van der Waals surface area contributed by atoms with Crippen molar-refractivity contribution in [2.45, 2.75) is 44.6 Å². The smallest absolute Gasteiger partial charge is 0.232 e. The summed E-state index contributed by atoms with van der Waals surface area (Å²) in [7, 11) is 0. The summed E-state index contributed by atoms with van der Waals surface area (Å²) in [5, 5.41) is 12.0. The molecule has 0 aromatic heterocycles. The van der Waals surface area contributed by atoms with Gasteiger partial charge in [0, 0.05) is 18.3 Å². The first-order valence-corrected chi connectivity index (χ1v) is 10.4. The topological polar surface area (TPSA) is 65.4 Å². The van der Waals surface area contributed by atoms with E-state index in [0.29, 0.717) is 24.6 Å².